The van der Waals surface area contributed by atoms with E-state index in [0.717, 1.165) is 16.9 Å². The van der Waals surface area contributed by atoms with Crippen molar-refractivity contribution in [2.24, 2.45) is 5.92 Å². The maximum atomic E-state index is 5.17. The van der Waals surface area contributed by atoms with Crippen molar-refractivity contribution in [2.75, 3.05) is 7.11 Å². The first kappa shape index (κ1) is 10.6. The molecule has 1 aromatic rings. The fourth-order valence-electron chi connectivity index (χ4n) is 1.43. The number of rotatable bonds is 3. The van der Waals surface area contributed by atoms with Gasteiger partial charge in [-0.25, -0.2) is 0 Å². The molecule has 0 heterocycles. The molecule has 0 spiro atoms. The Labute approximate surface area is 85.7 Å². The fraction of sp³-hybridized carbons (Fsp3) is 0.308. The topological polar surface area (TPSA) is 9.23 Å². The molecule has 14 heavy (non-hydrogen) atoms. The van der Waals surface area contributed by atoms with Crippen LogP contribution in [0.4, 0.5) is 0 Å². The second kappa shape index (κ2) is 4.69. The first-order valence-corrected chi connectivity index (χ1v) is 4.73. The Kier molecular flexibility index (Phi) is 3.55. The van der Waals surface area contributed by atoms with Gasteiger partial charge in [-0.3, -0.25) is 0 Å². The highest BCUT2D eigenvalue weighted by Crippen LogP contribution is 2.24. The van der Waals surface area contributed by atoms with Gasteiger partial charge in [0.25, 0.3) is 0 Å². The number of benzene rings is 1. The van der Waals surface area contributed by atoms with E-state index in [2.05, 4.69) is 32.2 Å². The predicted molar refractivity (Wildman–Crippen MR) is 60.4 cm³/mol. The molecule has 0 atom stereocenters. The van der Waals surface area contributed by atoms with Gasteiger partial charge in [0.1, 0.15) is 5.75 Å². The quantitative estimate of drug-likeness (QED) is 0.659. The van der Waals surface area contributed by atoms with Crippen LogP contribution in [0.15, 0.2) is 36.6 Å². The molecule has 0 saturated heterocycles. The van der Waals surface area contributed by atoms with Crippen LogP contribution in [0.1, 0.15) is 19.4 Å². The molecule has 0 aliphatic heterocycles. The van der Waals surface area contributed by atoms with Gasteiger partial charge < -0.3 is 4.74 Å². The highest BCUT2D eigenvalue weighted by molar-refractivity contribution is 5.67. The average molecular weight is 188 g/mol. The minimum atomic E-state index is 0.430. The summed E-state index contributed by atoms with van der Waals surface area (Å²) in [6.07, 6.45) is 0. The summed E-state index contributed by atoms with van der Waals surface area (Å²) in [4.78, 5) is 0. The number of allylic oxidation sites excluding steroid dienone is 1. The van der Waals surface area contributed by atoms with Gasteiger partial charge >= 0.3 is 0 Å². The fourth-order valence-corrected chi connectivity index (χ4v) is 1.43. The summed E-state index contributed by atoms with van der Waals surface area (Å²) in [7, 11) is 1.67. The molecule has 0 amide bonds. The van der Waals surface area contributed by atoms with Gasteiger partial charge in [0.05, 0.1) is 7.11 Å². The third-order valence-corrected chi connectivity index (χ3v) is 2.15. The summed E-state index contributed by atoms with van der Waals surface area (Å²) < 4.78 is 5.17. The Balaban J connectivity index is 3.12. The van der Waals surface area contributed by atoms with Crippen molar-refractivity contribution in [3.8, 4) is 5.75 Å². The Morgan fingerprint density at radius 2 is 2.14 bits per heavy atom. The average Bonchev–Trinajstić information content (AvgIpc) is 2.19. The number of methoxy groups -OCH3 is 1. The van der Waals surface area contributed by atoms with E-state index in [1.807, 2.05) is 18.2 Å². The Morgan fingerprint density at radius 3 is 2.64 bits per heavy atom. The molecule has 0 bridgehead atoms. The lowest BCUT2D eigenvalue weighted by Gasteiger charge is -2.09. The summed E-state index contributed by atoms with van der Waals surface area (Å²) in [5.74, 6) is 1.30. The molecule has 0 aliphatic rings. The monoisotopic (exact) mass is 188 g/mol. The zero-order valence-electron chi connectivity index (χ0n) is 9.00. The smallest absolute Gasteiger partial charge is 0.119 e. The predicted octanol–water partition coefficient (Wildman–Crippen LogP) is 3.52. The van der Waals surface area contributed by atoms with Gasteiger partial charge in [-0.05, 0) is 23.6 Å². The first-order valence-electron chi connectivity index (χ1n) is 4.73. The molecule has 0 N–H and O–H groups in total. The van der Waals surface area contributed by atoms with Crippen molar-refractivity contribution in [2.45, 2.75) is 13.8 Å². The van der Waals surface area contributed by atoms with Crippen LogP contribution in [0.2, 0.25) is 0 Å². The second-order valence-corrected chi connectivity index (χ2v) is 3.48. The number of ether oxygens (including phenoxy) is 1. The second-order valence-electron chi connectivity index (χ2n) is 3.48. The molecule has 0 aromatic heterocycles. The zero-order valence-corrected chi connectivity index (χ0v) is 9.00. The van der Waals surface area contributed by atoms with Crippen LogP contribution in [-0.4, -0.2) is 7.11 Å². The Bertz CT molecular complexity index is 357. The number of hydrogen-bond donors (Lipinski definition) is 0. The third kappa shape index (κ3) is 2.27. The molecule has 1 heteroatoms. The van der Waals surface area contributed by atoms with Crippen LogP contribution in [-0.2, 0) is 0 Å². The first-order chi connectivity index (χ1) is 6.69. The zero-order chi connectivity index (χ0) is 10.6. The van der Waals surface area contributed by atoms with Crippen LogP contribution >= 0.6 is 0 Å². The van der Waals surface area contributed by atoms with Crippen molar-refractivity contribution in [1.29, 1.82) is 0 Å². The Hall–Kier alpha value is -1.46. The highest BCUT2D eigenvalue weighted by atomic mass is 16.5. The number of hydrogen-bond acceptors (Lipinski definition) is 1. The van der Waals surface area contributed by atoms with Crippen LogP contribution in [0, 0.1) is 5.92 Å². The molecule has 0 saturated carbocycles. The molecule has 0 fully saturated rings. The summed E-state index contributed by atoms with van der Waals surface area (Å²) in [6.45, 7) is 7.98. The van der Waals surface area contributed by atoms with Gasteiger partial charge in [-0.15, -0.1) is 5.73 Å². The van der Waals surface area contributed by atoms with E-state index < -0.39 is 0 Å². The van der Waals surface area contributed by atoms with Gasteiger partial charge in [-0.2, -0.15) is 0 Å². The van der Waals surface area contributed by atoms with E-state index in [-0.39, 0.29) is 0 Å². The van der Waals surface area contributed by atoms with E-state index in [0.29, 0.717) is 5.92 Å². The molecular weight excluding hydrogens is 172 g/mol. The van der Waals surface area contributed by atoms with Crippen molar-refractivity contribution >= 4 is 5.57 Å². The lowest BCUT2D eigenvalue weighted by molar-refractivity contribution is 0.414. The lowest BCUT2D eigenvalue weighted by Crippen LogP contribution is -1.93. The van der Waals surface area contributed by atoms with E-state index in [9.17, 15) is 0 Å². The summed E-state index contributed by atoms with van der Waals surface area (Å²) in [5.41, 5.74) is 5.24. The van der Waals surface area contributed by atoms with Gasteiger partial charge in [-0.1, -0.05) is 32.6 Å². The molecule has 0 unspecified atom stereocenters. The van der Waals surface area contributed by atoms with Crippen molar-refractivity contribution in [3.63, 3.8) is 0 Å². The highest BCUT2D eigenvalue weighted by Gasteiger charge is 2.05. The normalized spacial score (nSPS) is 9.71. The molecule has 0 radical (unpaired) electrons. The molecule has 1 nitrogen and oxygen atoms in total. The summed E-state index contributed by atoms with van der Waals surface area (Å²) >= 11 is 0. The van der Waals surface area contributed by atoms with Crippen LogP contribution in [0.25, 0.3) is 5.57 Å². The lowest BCUT2D eigenvalue weighted by atomic mass is 9.96. The molecular formula is C13H16O. The minimum Gasteiger partial charge on any atom is -0.497 e. The van der Waals surface area contributed by atoms with E-state index in [1.54, 1.807) is 7.11 Å². The maximum Gasteiger partial charge on any atom is 0.119 e. The third-order valence-electron chi connectivity index (χ3n) is 2.15. The van der Waals surface area contributed by atoms with E-state index >= 15 is 0 Å². The van der Waals surface area contributed by atoms with E-state index in [1.165, 1.54) is 0 Å². The summed E-state index contributed by atoms with van der Waals surface area (Å²) in [5, 5.41) is 0. The van der Waals surface area contributed by atoms with Crippen molar-refractivity contribution < 1.29 is 4.74 Å². The van der Waals surface area contributed by atoms with E-state index in [4.69, 9.17) is 4.74 Å². The maximum absolute atomic E-state index is 5.17. The molecule has 74 valence electrons. The van der Waals surface area contributed by atoms with Crippen LogP contribution < -0.4 is 4.74 Å². The summed E-state index contributed by atoms with van der Waals surface area (Å²) in [6, 6.07) is 7.97. The molecule has 1 rings (SSSR count). The van der Waals surface area contributed by atoms with Gasteiger partial charge in [0, 0.05) is 5.57 Å². The van der Waals surface area contributed by atoms with Crippen molar-refractivity contribution in [3.05, 3.63) is 42.1 Å². The standard InChI is InChI=1S/C13H16O/c1-5-13(10(2)3)11-7-6-8-12(9-11)14-4/h6-10H,1H2,2-4H3. The SMILES string of the molecule is C=C=C(c1cccc(OC)c1)C(C)C. The van der Waals surface area contributed by atoms with Gasteiger partial charge in [0.2, 0.25) is 0 Å². The minimum absolute atomic E-state index is 0.430. The molecule has 1 aromatic carbocycles. The van der Waals surface area contributed by atoms with Crippen LogP contribution in [0.3, 0.4) is 0 Å². The van der Waals surface area contributed by atoms with Gasteiger partial charge in [0.15, 0.2) is 0 Å². The van der Waals surface area contributed by atoms with Crippen molar-refractivity contribution in [1.82, 2.24) is 0 Å². The van der Waals surface area contributed by atoms with Crippen LogP contribution in [0.5, 0.6) is 5.75 Å². The molecule has 0 aliphatic carbocycles. The largest absolute Gasteiger partial charge is 0.497 e. The Morgan fingerprint density at radius 1 is 1.43 bits per heavy atom.